The maximum absolute atomic E-state index is 5.99. The van der Waals surface area contributed by atoms with Gasteiger partial charge in [0.2, 0.25) is 0 Å². The molecule has 0 aliphatic rings. The molecule has 6 heteroatoms. The molecule has 5 nitrogen and oxygen atoms in total. The number of ether oxygens (including phenoxy) is 2. The van der Waals surface area contributed by atoms with Crippen LogP contribution >= 0.6 is 11.8 Å². The van der Waals surface area contributed by atoms with Crippen molar-refractivity contribution < 1.29 is 9.47 Å². The van der Waals surface area contributed by atoms with Crippen molar-refractivity contribution in [2.45, 2.75) is 10.9 Å². The molecule has 5 aromatic rings. The Morgan fingerprint density at radius 1 is 0.706 bits per heavy atom. The van der Waals surface area contributed by atoms with Crippen molar-refractivity contribution >= 4 is 11.8 Å². The molecule has 168 valence electrons. The van der Waals surface area contributed by atoms with Gasteiger partial charge in [0, 0.05) is 17.0 Å². The van der Waals surface area contributed by atoms with Gasteiger partial charge in [-0.25, -0.2) is 0 Å². The van der Waals surface area contributed by atoms with Crippen LogP contribution in [0.15, 0.2) is 114 Å². The Hall–Kier alpha value is -4.03. The minimum atomic E-state index is 0.736. The van der Waals surface area contributed by atoms with Crippen LogP contribution in [0.1, 0.15) is 5.56 Å². The van der Waals surface area contributed by atoms with Crippen molar-refractivity contribution in [1.82, 2.24) is 14.8 Å². The van der Waals surface area contributed by atoms with Crippen LogP contribution in [-0.2, 0) is 5.75 Å². The summed E-state index contributed by atoms with van der Waals surface area (Å²) in [5.41, 5.74) is 3.14. The molecule has 0 bridgehead atoms. The molecule has 0 unspecified atom stereocenters. The second-order valence-corrected chi connectivity index (χ2v) is 8.50. The number of benzene rings is 4. The molecule has 0 atom stereocenters. The number of aromatic nitrogens is 3. The SMILES string of the molecule is COc1ccc(-c2nnc(SCc3cccc(Oc4ccccc4)c3)n2-c2ccccc2)cc1. The minimum absolute atomic E-state index is 0.736. The molecule has 0 aliphatic carbocycles. The van der Waals surface area contributed by atoms with Gasteiger partial charge in [-0.2, -0.15) is 0 Å². The van der Waals surface area contributed by atoms with E-state index >= 15 is 0 Å². The van der Waals surface area contributed by atoms with E-state index in [1.165, 1.54) is 0 Å². The third-order valence-electron chi connectivity index (χ3n) is 5.24. The van der Waals surface area contributed by atoms with E-state index in [2.05, 4.69) is 39.0 Å². The molecular formula is C28H23N3O2S. The minimum Gasteiger partial charge on any atom is -0.497 e. The third kappa shape index (κ3) is 4.97. The second-order valence-electron chi connectivity index (χ2n) is 7.56. The van der Waals surface area contributed by atoms with Crippen LogP contribution in [0.25, 0.3) is 17.1 Å². The number of nitrogens with zero attached hydrogens (tertiary/aromatic N) is 3. The van der Waals surface area contributed by atoms with Gasteiger partial charge in [0.05, 0.1) is 7.11 Å². The number of rotatable bonds is 8. The van der Waals surface area contributed by atoms with E-state index in [-0.39, 0.29) is 0 Å². The van der Waals surface area contributed by atoms with Crippen molar-refractivity contribution in [3.63, 3.8) is 0 Å². The van der Waals surface area contributed by atoms with Gasteiger partial charge in [0.25, 0.3) is 0 Å². The molecule has 0 spiro atoms. The van der Waals surface area contributed by atoms with Gasteiger partial charge in [-0.05, 0) is 66.2 Å². The molecular weight excluding hydrogens is 442 g/mol. The molecule has 0 saturated heterocycles. The monoisotopic (exact) mass is 465 g/mol. The smallest absolute Gasteiger partial charge is 0.196 e. The van der Waals surface area contributed by atoms with Gasteiger partial charge < -0.3 is 9.47 Å². The number of hydrogen-bond donors (Lipinski definition) is 0. The topological polar surface area (TPSA) is 49.2 Å². The van der Waals surface area contributed by atoms with E-state index in [4.69, 9.17) is 9.47 Å². The van der Waals surface area contributed by atoms with Crippen molar-refractivity contribution in [1.29, 1.82) is 0 Å². The highest BCUT2D eigenvalue weighted by atomic mass is 32.2. The van der Waals surface area contributed by atoms with Gasteiger partial charge in [-0.1, -0.05) is 60.3 Å². The predicted octanol–water partition coefficient (Wildman–Crippen LogP) is 7.03. The van der Waals surface area contributed by atoms with E-state index in [1.807, 2.05) is 84.9 Å². The maximum Gasteiger partial charge on any atom is 0.196 e. The number of methoxy groups -OCH3 is 1. The third-order valence-corrected chi connectivity index (χ3v) is 6.24. The summed E-state index contributed by atoms with van der Waals surface area (Å²) in [6, 6.07) is 36.0. The van der Waals surface area contributed by atoms with Crippen LogP contribution in [0.3, 0.4) is 0 Å². The standard InChI is InChI=1S/C28H23N3O2S/c1-32-24-17-15-22(16-18-24)27-29-30-28(31(27)23-10-4-2-5-11-23)34-20-21-9-8-14-26(19-21)33-25-12-6-3-7-13-25/h2-19H,20H2,1H3. The summed E-state index contributed by atoms with van der Waals surface area (Å²) >= 11 is 1.64. The van der Waals surface area contributed by atoms with Crippen LogP contribution in [0.4, 0.5) is 0 Å². The number of para-hydroxylation sites is 2. The van der Waals surface area contributed by atoms with Crippen LogP contribution in [0.5, 0.6) is 17.2 Å². The summed E-state index contributed by atoms with van der Waals surface area (Å²) < 4.78 is 13.4. The molecule has 0 amide bonds. The summed E-state index contributed by atoms with van der Waals surface area (Å²) in [6.45, 7) is 0. The normalized spacial score (nSPS) is 10.7. The summed E-state index contributed by atoms with van der Waals surface area (Å²) in [5, 5.41) is 9.89. The summed E-state index contributed by atoms with van der Waals surface area (Å²) in [6.07, 6.45) is 0. The van der Waals surface area contributed by atoms with Gasteiger partial charge >= 0.3 is 0 Å². The average Bonchev–Trinajstić information content (AvgIpc) is 3.33. The van der Waals surface area contributed by atoms with Gasteiger partial charge in [-0.3, -0.25) is 4.57 Å². The lowest BCUT2D eigenvalue weighted by molar-refractivity contribution is 0.415. The maximum atomic E-state index is 5.99. The fourth-order valence-corrected chi connectivity index (χ4v) is 4.47. The molecule has 34 heavy (non-hydrogen) atoms. The lowest BCUT2D eigenvalue weighted by atomic mass is 10.2. The Morgan fingerprint density at radius 2 is 1.41 bits per heavy atom. The molecule has 5 rings (SSSR count). The van der Waals surface area contributed by atoms with Crippen LogP contribution in [0, 0.1) is 0 Å². The van der Waals surface area contributed by atoms with E-state index in [1.54, 1.807) is 18.9 Å². The van der Waals surface area contributed by atoms with Crippen LogP contribution in [0.2, 0.25) is 0 Å². The first-order chi connectivity index (χ1) is 16.8. The Labute approximate surface area is 203 Å². The molecule has 0 aliphatic heterocycles. The molecule has 4 aromatic carbocycles. The lowest BCUT2D eigenvalue weighted by Crippen LogP contribution is -1.99. The summed E-state index contributed by atoms with van der Waals surface area (Å²) in [7, 11) is 1.66. The number of hydrogen-bond acceptors (Lipinski definition) is 5. The first kappa shape index (κ1) is 21.8. The van der Waals surface area contributed by atoms with E-state index in [0.717, 1.165) is 50.8 Å². The van der Waals surface area contributed by atoms with Crippen LogP contribution in [-0.4, -0.2) is 21.9 Å². The fourth-order valence-electron chi connectivity index (χ4n) is 3.57. The molecule has 1 aromatic heterocycles. The molecule has 0 N–H and O–H groups in total. The van der Waals surface area contributed by atoms with E-state index in [9.17, 15) is 0 Å². The van der Waals surface area contributed by atoms with Gasteiger partial charge in [0.15, 0.2) is 11.0 Å². The van der Waals surface area contributed by atoms with Crippen LogP contribution < -0.4 is 9.47 Å². The predicted molar refractivity (Wildman–Crippen MR) is 136 cm³/mol. The average molecular weight is 466 g/mol. The molecule has 0 radical (unpaired) electrons. The summed E-state index contributed by atoms with van der Waals surface area (Å²) in [5.74, 6) is 3.96. The van der Waals surface area contributed by atoms with Crippen molar-refractivity contribution in [3.8, 4) is 34.3 Å². The molecule has 1 heterocycles. The Balaban J connectivity index is 1.41. The summed E-state index contributed by atoms with van der Waals surface area (Å²) in [4.78, 5) is 0. The molecule has 0 fully saturated rings. The number of thioether (sulfide) groups is 1. The Morgan fingerprint density at radius 3 is 2.15 bits per heavy atom. The fraction of sp³-hybridized carbons (Fsp3) is 0.0714. The van der Waals surface area contributed by atoms with E-state index in [0.29, 0.717) is 0 Å². The van der Waals surface area contributed by atoms with Crippen molar-refractivity contribution in [2.75, 3.05) is 7.11 Å². The largest absolute Gasteiger partial charge is 0.497 e. The van der Waals surface area contributed by atoms with Gasteiger partial charge in [-0.15, -0.1) is 10.2 Å². The first-order valence-electron chi connectivity index (χ1n) is 10.9. The zero-order valence-electron chi connectivity index (χ0n) is 18.7. The second kappa shape index (κ2) is 10.3. The first-order valence-corrected chi connectivity index (χ1v) is 11.9. The highest BCUT2D eigenvalue weighted by molar-refractivity contribution is 7.98. The quantitative estimate of drug-likeness (QED) is 0.230. The zero-order chi connectivity index (χ0) is 23.2. The van der Waals surface area contributed by atoms with Gasteiger partial charge in [0.1, 0.15) is 17.2 Å². The Bertz CT molecular complexity index is 1350. The van der Waals surface area contributed by atoms with Crippen molar-refractivity contribution in [3.05, 3.63) is 115 Å². The lowest BCUT2D eigenvalue weighted by Gasteiger charge is -2.11. The van der Waals surface area contributed by atoms with Crippen molar-refractivity contribution in [2.24, 2.45) is 0 Å². The highest BCUT2D eigenvalue weighted by Crippen LogP contribution is 2.31. The Kier molecular flexibility index (Phi) is 6.59. The molecule has 0 saturated carbocycles. The highest BCUT2D eigenvalue weighted by Gasteiger charge is 2.16. The zero-order valence-corrected chi connectivity index (χ0v) is 19.5. The van der Waals surface area contributed by atoms with E-state index < -0.39 is 0 Å².